The number of aliphatic hydroxyl groups excluding tert-OH is 1. The molecule has 0 saturated carbocycles. The van der Waals surface area contributed by atoms with Gasteiger partial charge < -0.3 is 10.0 Å². The van der Waals surface area contributed by atoms with E-state index in [1.807, 2.05) is 30.0 Å². The van der Waals surface area contributed by atoms with E-state index in [9.17, 15) is 0 Å². The van der Waals surface area contributed by atoms with Gasteiger partial charge in [0.1, 0.15) is 0 Å². The minimum Gasteiger partial charge on any atom is -0.392 e. The van der Waals surface area contributed by atoms with E-state index < -0.39 is 0 Å². The second-order valence-corrected chi connectivity index (χ2v) is 3.56. The molecule has 1 aromatic carbocycles. The first-order valence-electron chi connectivity index (χ1n) is 4.80. The lowest BCUT2D eigenvalue weighted by Gasteiger charge is -2.20. The van der Waals surface area contributed by atoms with Crippen molar-refractivity contribution in [1.29, 1.82) is 0 Å². The van der Waals surface area contributed by atoms with Crippen molar-refractivity contribution in [3.8, 4) is 12.3 Å². The van der Waals surface area contributed by atoms with E-state index in [1.54, 1.807) is 0 Å². The number of anilines is 1. The van der Waals surface area contributed by atoms with E-state index in [0.29, 0.717) is 11.6 Å². The first-order chi connectivity index (χ1) is 7.22. The van der Waals surface area contributed by atoms with E-state index in [4.69, 9.17) is 23.1 Å². The van der Waals surface area contributed by atoms with Gasteiger partial charge in [-0.1, -0.05) is 23.6 Å². The molecule has 0 radical (unpaired) electrons. The Bertz CT molecular complexity index is 370. The second kappa shape index (κ2) is 5.65. The highest BCUT2D eigenvalue weighted by molar-refractivity contribution is 6.31. The average Bonchev–Trinajstić information content (AvgIpc) is 2.25. The van der Waals surface area contributed by atoms with Crippen molar-refractivity contribution in [2.45, 2.75) is 13.5 Å². The highest BCUT2D eigenvalue weighted by atomic mass is 35.5. The zero-order chi connectivity index (χ0) is 11.3. The maximum Gasteiger partial charge on any atom is 0.0791 e. The lowest BCUT2D eigenvalue weighted by Crippen LogP contribution is -2.22. The van der Waals surface area contributed by atoms with Crippen LogP contribution >= 0.6 is 11.6 Å². The molecule has 0 unspecified atom stereocenters. The number of terminal acetylenes is 1. The van der Waals surface area contributed by atoms with Crippen LogP contribution in [-0.2, 0) is 6.61 Å². The van der Waals surface area contributed by atoms with Gasteiger partial charge in [-0.25, -0.2) is 0 Å². The number of hydrogen-bond donors (Lipinski definition) is 1. The lowest BCUT2D eigenvalue weighted by molar-refractivity contribution is 0.282. The van der Waals surface area contributed by atoms with Crippen molar-refractivity contribution >= 4 is 17.3 Å². The summed E-state index contributed by atoms with van der Waals surface area (Å²) in [6.07, 6.45) is 5.27. The largest absolute Gasteiger partial charge is 0.392 e. The van der Waals surface area contributed by atoms with E-state index in [1.165, 1.54) is 0 Å². The fraction of sp³-hybridized carbons (Fsp3) is 0.333. The second-order valence-electron chi connectivity index (χ2n) is 3.15. The molecule has 0 aromatic heterocycles. The third-order valence-electron chi connectivity index (χ3n) is 2.24. The lowest BCUT2D eigenvalue weighted by atomic mass is 10.2. The summed E-state index contributed by atoms with van der Waals surface area (Å²) in [7, 11) is 0. The van der Waals surface area contributed by atoms with E-state index >= 15 is 0 Å². The number of halogens is 1. The predicted molar refractivity (Wildman–Crippen MR) is 64.1 cm³/mol. The number of nitrogens with zero attached hydrogens (tertiary/aromatic N) is 1. The van der Waals surface area contributed by atoms with Gasteiger partial charge in [0.05, 0.1) is 13.2 Å². The van der Waals surface area contributed by atoms with Crippen LogP contribution < -0.4 is 4.90 Å². The third kappa shape index (κ3) is 2.89. The van der Waals surface area contributed by atoms with Gasteiger partial charge in [-0.3, -0.25) is 0 Å². The molecule has 0 atom stereocenters. The number of hydrogen-bond acceptors (Lipinski definition) is 2. The summed E-state index contributed by atoms with van der Waals surface area (Å²) < 4.78 is 0. The summed E-state index contributed by atoms with van der Waals surface area (Å²) >= 11 is 5.99. The van der Waals surface area contributed by atoms with Crippen LogP contribution in [0, 0.1) is 12.3 Å². The maximum atomic E-state index is 8.98. The Hall–Kier alpha value is -1.17. The first kappa shape index (κ1) is 11.9. The van der Waals surface area contributed by atoms with Crippen molar-refractivity contribution in [2.75, 3.05) is 18.0 Å². The molecule has 0 fully saturated rings. The summed E-state index contributed by atoms with van der Waals surface area (Å²) in [5.74, 6) is 2.60. The normalized spacial score (nSPS) is 9.73. The van der Waals surface area contributed by atoms with Gasteiger partial charge in [-0.15, -0.1) is 6.42 Å². The Morgan fingerprint density at radius 2 is 2.27 bits per heavy atom. The highest BCUT2D eigenvalue weighted by Gasteiger charge is 2.05. The highest BCUT2D eigenvalue weighted by Crippen LogP contribution is 2.23. The molecule has 3 heteroatoms. The molecule has 0 aliphatic rings. The number of aliphatic hydroxyl groups is 1. The van der Waals surface area contributed by atoms with Crippen molar-refractivity contribution in [1.82, 2.24) is 0 Å². The molecule has 1 aromatic rings. The van der Waals surface area contributed by atoms with Gasteiger partial charge in [-0.2, -0.15) is 0 Å². The van der Waals surface area contributed by atoms with Crippen LogP contribution in [0.15, 0.2) is 18.2 Å². The standard InChI is InChI=1S/C12H14ClNO/c1-3-7-14(4-2)11-6-5-10(9-15)12(13)8-11/h1,5-6,8,15H,4,7,9H2,2H3. The zero-order valence-electron chi connectivity index (χ0n) is 8.70. The molecular formula is C12H14ClNO. The van der Waals surface area contributed by atoms with Gasteiger partial charge in [-0.05, 0) is 24.6 Å². The monoisotopic (exact) mass is 223 g/mol. The SMILES string of the molecule is C#CCN(CC)c1ccc(CO)c(Cl)c1. The molecule has 2 nitrogen and oxygen atoms in total. The van der Waals surface area contributed by atoms with Crippen LogP contribution in [0.3, 0.4) is 0 Å². The van der Waals surface area contributed by atoms with Crippen molar-refractivity contribution in [3.05, 3.63) is 28.8 Å². The molecule has 0 bridgehead atoms. The Balaban J connectivity index is 2.95. The fourth-order valence-corrected chi connectivity index (χ4v) is 1.59. The zero-order valence-corrected chi connectivity index (χ0v) is 9.46. The predicted octanol–water partition coefficient (Wildman–Crippen LogP) is 2.29. The van der Waals surface area contributed by atoms with Gasteiger partial charge in [0.2, 0.25) is 0 Å². The van der Waals surface area contributed by atoms with Crippen LogP contribution in [0.1, 0.15) is 12.5 Å². The number of benzene rings is 1. The summed E-state index contributed by atoms with van der Waals surface area (Å²) in [4.78, 5) is 2.03. The van der Waals surface area contributed by atoms with Crippen LogP contribution in [-0.4, -0.2) is 18.2 Å². The molecule has 0 spiro atoms. The Labute approximate surface area is 95.5 Å². The smallest absolute Gasteiger partial charge is 0.0791 e. The number of rotatable bonds is 4. The Morgan fingerprint density at radius 1 is 1.53 bits per heavy atom. The molecular weight excluding hydrogens is 210 g/mol. The van der Waals surface area contributed by atoms with Gasteiger partial charge in [0.15, 0.2) is 0 Å². The van der Waals surface area contributed by atoms with Crippen molar-refractivity contribution < 1.29 is 5.11 Å². The first-order valence-corrected chi connectivity index (χ1v) is 5.18. The summed E-state index contributed by atoms with van der Waals surface area (Å²) in [6.45, 7) is 3.38. The maximum absolute atomic E-state index is 8.98. The Morgan fingerprint density at radius 3 is 2.73 bits per heavy atom. The molecule has 0 amide bonds. The quantitative estimate of drug-likeness (QED) is 0.792. The van der Waals surface area contributed by atoms with E-state index in [0.717, 1.165) is 17.8 Å². The fourth-order valence-electron chi connectivity index (χ4n) is 1.36. The van der Waals surface area contributed by atoms with Gasteiger partial charge >= 0.3 is 0 Å². The molecule has 15 heavy (non-hydrogen) atoms. The minimum atomic E-state index is -0.0413. The van der Waals surface area contributed by atoms with Crippen LogP contribution in [0.5, 0.6) is 0 Å². The average molecular weight is 224 g/mol. The van der Waals surface area contributed by atoms with Crippen molar-refractivity contribution in [3.63, 3.8) is 0 Å². The molecule has 0 aliphatic heterocycles. The van der Waals surface area contributed by atoms with Crippen molar-refractivity contribution in [2.24, 2.45) is 0 Å². The van der Waals surface area contributed by atoms with Crippen LogP contribution in [0.25, 0.3) is 0 Å². The summed E-state index contributed by atoms with van der Waals surface area (Å²) in [5, 5.41) is 9.55. The van der Waals surface area contributed by atoms with Gasteiger partial charge in [0, 0.05) is 17.3 Å². The third-order valence-corrected chi connectivity index (χ3v) is 2.59. The molecule has 1 rings (SSSR count). The molecule has 0 saturated heterocycles. The van der Waals surface area contributed by atoms with E-state index in [-0.39, 0.29) is 6.61 Å². The van der Waals surface area contributed by atoms with Gasteiger partial charge in [0.25, 0.3) is 0 Å². The van der Waals surface area contributed by atoms with Crippen LogP contribution in [0.4, 0.5) is 5.69 Å². The summed E-state index contributed by atoms with van der Waals surface area (Å²) in [6, 6.07) is 5.56. The molecule has 0 aliphatic carbocycles. The minimum absolute atomic E-state index is 0.0413. The molecule has 0 heterocycles. The molecule has 1 N–H and O–H groups in total. The molecule has 80 valence electrons. The summed E-state index contributed by atoms with van der Waals surface area (Å²) in [5.41, 5.74) is 1.72. The van der Waals surface area contributed by atoms with E-state index in [2.05, 4.69) is 5.92 Å². The van der Waals surface area contributed by atoms with Crippen LogP contribution in [0.2, 0.25) is 5.02 Å². The topological polar surface area (TPSA) is 23.5 Å². The Kier molecular flexibility index (Phi) is 4.48.